The highest BCUT2D eigenvalue weighted by Crippen LogP contribution is 2.60. The van der Waals surface area contributed by atoms with Crippen molar-refractivity contribution in [2.75, 3.05) is 0 Å². The third kappa shape index (κ3) is 1.18. The maximum absolute atomic E-state index is 12.9. The van der Waals surface area contributed by atoms with Crippen LogP contribution in [0.5, 0.6) is 5.75 Å². The lowest BCUT2D eigenvalue weighted by atomic mass is 9.83. The third-order valence-electron chi connectivity index (χ3n) is 4.74. The Labute approximate surface area is 126 Å². The molecule has 2 unspecified atom stereocenters. The molecule has 5 nitrogen and oxygen atoms in total. The van der Waals surface area contributed by atoms with E-state index in [1.165, 1.54) is 0 Å². The number of carbonyl (C=O) groups is 1. The van der Waals surface area contributed by atoms with Crippen LogP contribution in [-0.2, 0) is 11.3 Å². The zero-order chi connectivity index (χ0) is 15.7. The second-order valence-corrected chi connectivity index (χ2v) is 5.86. The molecule has 1 heterocycles. The third-order valence-corrected chi connectivity index (χ3v) is 4.74. The lowest BCUT2D eigenvalue weighted by Gasteiger charge is -2.27. The van der Waals surface area contributed by atoms with Crippen LogP contribution < -0.4 is 4.74 Å². The lowest BCUT2D eigenvalue weighted by Crippen LogP contribution is -2.47. The number of benzene rings is 2. The van der Waals surface area contributed by atoms with E-state index in [1.54, 1.807) is 36.4 Å². The molecule has 0 saturated carbocycles. The topological polar surface area (TPSA) is 76.0 Å². The predicted molar refractivity (Wildman–Crippen MR) is 78.7 cm³/mol. The quantitative estimate of drug-likeness (QED) is 0.821. The summed E-state index contributed by atoms with van der Waals surface area (Å²) in [5.74, 6) is -2.28. The van der Waals surface area contributed by atoms with Gasteiger partial charge in [-0.05, 0) is 42.3 Å². The van der Waals surface area contributed by atoms with Gasteiger partial charge in [-0.2, -0.15) is 0 Å². The molecule has 2 atom stereocenters. The molecule has 22 heavy (non-hydrogen) atoms. The fraction of sp³-hybridized carbons (Fsp3) is 0.235. The number of nitrogens with zero attached hydrogens (tertiary/aromatic N) is 1. The second-order valence-electron chi connectivity index (χ2n) is 5.86. The number of hydrogen-bond donors (Lipinski definition) is 1. The number of fused-ring (bicyclic) bond motifs is 5. The number of ketones is 1. The molecule has 2 aromatic carbocycles. The number of aryl methyl sites for hydroxylation is 2. The van der Waals surface area contributed by atoms with E-state index < -0.39 is 17.1 Å². The highest BCUT2D eigenvalue weighted by molar-refractivity contribution is 6.10. The van der Waals surface area contributed by atoms with E-state index in [-0.39, 0.29) is 11.1 Å². The van der Waals surface area contributed by atoms with Crippen LogP contribution in [0.2, 0.25) is 0 Å². The van der Waals surface area contributed by atoms with Crippen molar-refractivity contribution in [3.63, 3.8) is 0 Å². The van der Waals surface area contributed by atoms with Crippen molar-refractivity contribution < 1.29 is 14.6 Å². The van der Waals surface area contributed by atoms with Crippen LogP contribution in [0.1, 0.15) is 32.6 Å². The van der Waals surface area contributed by atoms with Crippen molar-refractivity contribution in [2.45, 2.75) is 25.2 Å². The van der Waals surface area contributed by atoms with Crippen molar-refractivity contribution in [1.82, 2.24) is 0 Å². The van der Waals surface area contributed by atoms with Gasteiger partial charge in [-0.25, -0.2) is 0 Å². The summed E-state index contributed by atoms with van der Waals surface area (Å²) in [7, 11) is 0. The van der Waals surface area contributed by atoms with Gasteiger partial charge in [0.1, 0.15) is 5.75 Å². The van der Waals surface area contributed by atoms with Crippen molar-refractivity contribution in [3.8, 4) is 5.75 Å². The molecule has 1 aliphatic heterocycles. The molecule has 0 spiro atoms. The van der Waals surface area contributed by atoms with Crippen LogP contribution in [0.4, 0.5) is 0 Å². The number of rotatable bonds is 1. The average molecular weight is 295 g/mol. The summed E-state index contributed by atoms with van der Waals surface area (Å²) >= 11 is 0. The molecule has 2 aliphatic rings. The van der Waals surface area contributed by atoms with Gasteiger partial charge in [0.2, 0.25) is 5.78 Å². The molecule has 0 bridgehead atoms. The smallest absolute Gasteiger partial charge is 0.276 e. The molecule has 4 rings (SSSR count). The van der Waals surface area contributed by atoms with Crippen LogP contribution in [0.15, 0.2) is 41.6 Å². The Morgan fingerprint density at radius 3 is 2.50 bits per heavy atom. The number of hydrogen-bond acceptors (Lipinski definition) is 5. The molecule has 2 aromatic rings. The summed E-state index contributed by atoms with van der Waals surface area (Å²) in [6.45, 7) is 3.77. The van der Waals surface area contributed by atoms with E-state index in [4.69, 9.17) is 4.74 Å². The number of aliphatic hydroxyl groups is 1. The van der Waals surface area contributed by atoms with Crippen LogP contribution in [-0.4, -0.2) is 10.9 Å². The number of Topliss-reactive ketones (excluding diaryl/α,β-unsaturated/α-hetero) is 1. The molecule has 1 aliphatic carbocycles. The summed E-state index contributed by atoms with van der Waals surface area (Å²) in [6.07, 6.45) is 0. The zero-order valence-corrected chi connectivity index (χ0v) is 12.1. The van der Waals surface area contributed by atoms with Gasteiger partial charge in [-0.1, -0.05) is 24.3 Å². The lowest BCUT2D eigenvalue weighted by molar-refractivity contribution is -0.162. The van der Waals surface area contributed by atoms with Crippen molar-refractivity contribution >= 4 is 5.78 Å². The first kappa shape index (κ1) is 13.2. The largest absolute Gasteiger partial charge is 0.454 e. The Kier molecular flexibility index (Phi) is 2.28. The molecule has 0 fully saturated rings. The molecule has 0 saturated heterocycles. The van der Waals surface area contributed by atoms with Crippen molar-refractivity contribution in [1.29, 1.82) is 0 Å². The van der Waals surface area contributed by atoms with E-state index >= 15 is 0 Å². The van der Waals surface area contributed by atoms with E-state index in [0.29, 0.717) is 11.3 Å². The molecule has 0 radical (unpaired) electrons. The minimum Gasteiger partial charge on any atom is -0.454 e. The maximum atomic E-state index is 12.9. The van der Waals surface area contributed by atoms with Crippen molar-refractivity contribution in [2.24, 2.45) is 5.18 Å². The standard InChI is InChI=1S/C17H13NO4/c1-9-7-13-14(8-10(9)2)22-17(20)12-6-4-3-5-11(12)15(19)16(13,17)18-21/h3-8,20H,1-2H3. The number of ether oxygens (including phenoxy) is 1. The van der Waals surface area contributed by atoms with E-state index in [0.717, 1.165) is 11.1 Å². The number of nitroso groups, excluding NO2 is 1. The summed E-state index contributed by atoms with van der Waals surface area (Å²) in [5, 5.41) is 14.2. The van der Waals surface area contributed by atoms with Crippen LogP contribution in [0, 0.1) is 18.8 Å². The van der Waals surface area contributed by atoms with Gasteiger partial charge in [0, 0.05) is 16.7 Å². The fourth-order valence-corrected chi connectivity index (χ4v) is 3.42. The van der Waals surface area contributed by atoms with Crippen LogP contribution >= 0.6 is 0 Å². The molecule has 110 valence electrons. The van der Waals surface area contributed by atoms with Gasteiger partial charge in [0.25, 0.3) is 11.3 Å². The maximum Gasteiger partial charge on any atom is 0.276 e. The second kappa shape index (κ2) is 3.81. The van der Waals surface area contributed by atoms with E-state index in [9.17, 15) is 14.8 Å². The Balaban J connectivity index is 2.10. The van der Waals surface area contributed by atoms with Gasteiger partial charge in [0.15, 0.2) is 0 Å². The first-order chi connectivity index (χ1) is 10.5. The monoisotopic (exact) mass is 295 g/mol. The van der Waals surface area contributed by atoms with Gasteiger partial charge in [0.05, 0.1) is 0 Å². The summed E-state index contributed by atoms with van der Waals surface area (Å²) in [6, 6.07) is 9.96. The van der Waals surface area contributed by atoms with E-state index in [2.05, 4.69) is 5.18 Å². The minimum absolute atomic E-state index is 0.272. The predicted octanol–water partition coefficient (Wildman–Crippen LogP) is 2.70. The highest BCUT2D eigenvalue weighted by Gasteiger charge is 2.73. The fourth-order valence-electron chi connectivity index (χ4n) is 3.42. The Morgan fingerprint density at radius 1 is 1.09 bits per heavy atom. The molecular formula is C17H13NO4. The van der Waals surface area contributed by atoms with Gasteiger partial charge in [-0.3, -0.25) is 4.79 Å². The Hall–Kier alpha value is -2.53. The van der Waals surface area contributed by atoms with Crippen molar-refractivity contribution in [3.05, 3.63) is 69.1 Å². The molecular weight excluding hydrogens is 282 g/mol. The highest BCUT2D eigenvalue weighted by atomic mass is 16.6. The SMILES string of the molecule is Cc1cc2c(cc1C)C1(N=O)C(=O)c3ccccc3C1(O)O2. The van der Waals surface area contributed by atoms with Gasteiger partial charge >= 0.3 is 0 Å². The molecule has 5 heteroatoms. The molecule has 0 aromatic heterocycles. The average Bonchev–Trinajstić information content (AvgIpc) is 2.86. The zero-order valence-electron chi connectivity index (χ0n) is 12.1. The first-order valence-electron chi connectivity index (χ1n) is 6.97. The molecule has 1 N–H and O–H groups in total. The number of carbonyl (C=O) groups excluding carboxylic acids is 1. The minimum atomic E-state index is -2.08. The van der Waals surface area contributed by atoms with Crippen LogP contribution in [0.3, 0.4) is 0 Å². The van der Waals surface area contributed by atoms with Crippen LogP contribution in [0.25, 0.3) is 0 Å². The normalized spacial score (nSPS) is 27.9. The van der Waals surface area contributed by atoms with Gasteiger partial charge in [-0.15, -0.1) is 4.91 Å². The Morgan fingerprint density at radius 2 is 1.77 bits per heavy atom. The van der Waals surface area contributed by atoms with Gasteiger partial charge < -0.3 is 9.84 Å². The first-order valence-corrected chi connectivity index (χ1v) is 6.97. The van der Waals surface area contributed by atoms with E-state index in [1.807, 2.05) is 13.8 Å². The summed E-state index contributed by atoms with van der Waals surface area (Å²) in [4.78, 5) is 24.6. The Bertz CT molecular complexity index is 860. The summed E-state index contributed by atoms with van der Waals surface area (Å²) in [5.41, 5.74) is 0.765. The summed E-state index contributed by atoms with van der Waals surface area (Å²) < 4.78 is 5.69. The molecule has 0 amide bonds.